The van der Waals surface area contributed by atoms with Crippen molar-refractivity contribution < 1.29 is 28.6 Å². The Bertz CT molecular complexity index is 1180. The highest BCUT2D eigenvalue weighted by Crippen LogP contribution is 2.09. The standard InChI is InChI=1S/C48H74O6/c1-4-7-10-13-16-18-20-22-23-24-25-27-28-30-32-35-38-41-47(50)53-44-45(43-52-46(49)40-37-34-15-12-9-6-3)54-48(51)42-39-36-33-31-29-26-21-19-17-14-11-8-5-2/h7-8,10-11,16-19,22-23,25-27,29-30,32-33,36,45H,4-6,9,12-15,20-21,24,28,31,34-35,37-44H2,1-3H3/b10-7-,11-8-,18-16-,19-17-,23-22-,27-25-,29-26-,32-30-,36-33-. The second kappa shape index (κ2) is 41.8. The average molecular weight is 747 g/mol. The number of hydrogen-bond donors (Lipinski definition) is 0. The molecule has 0 spiro atoms. The van der Waals surface area contributed by atoms with Crippen LogP contribution in [0.2, 0.25) is 0 Å². The maximum absolute atomic E-state index is 12.6. The zero-order chi connectivity index (χ0) is 39.4. The van der Waals surface area contributed by atoms with Crippen LogP contribution in [0.25, 0.3) is 0 Å². The first-order chi connectivity index (χ1) is 26.5. The number of allylic oxidation sites excluding steroid dienone is 18. The van der Waals surface area contributed by atoms with Gasteiger partial charge in [-0.1, -0.05) is 162 Å². The summed E-state index contributed by atoms with van der Waals surface area (Å²) in [6.45, 7) is 6.18. The van der Waals surface area contributed by atoms with Gasteiger partial charge in [-0.2, -0.15) is 0 Å². The van der Waals surface area contributed by atoms with Gasteiger partial charge in [-0.3, -0.25) is 14.4 Å². The number of carbonyl (C=O) groups excluding carboxylic acids is 3. The minimum absolute atomic E-state index is 0.127. The van der Waals surface area contributed by atoms with Crippen LogP contribution in [-0.4, -0.2) is 37.2 Å². The molecule has 0 rings (SSSR count). The molecule has 0 amide bonds. The Balaban J connectivity index is 4.52. The van der Waals surface area contributed by atoms with Crippen molar-refractivity contribution in [3.05, 3.63) is 109 Å². The van der Waals surface area contributed by atoms with E-state index in [9.17, 15) is 14.4 Å². The van der Waals surface area contributed by atoms with Crippen molar-refractivity contribution in [2.24, 2.45) is 0 Å². The van der Waals surface area contributed by atoms with Crippen molar-refractivity contribution in [2.75, 3.05) is 13.2 Å². The number of unbranched alkanes of at least 4 members (excludes halogenated alkanes) is 6. The van der Waals surface area contributed by atoms with Crippen LogP contribution in [0.5, 0.6) is 0 Å². The zero-order valence-corrected chi connectivity index (χ0v) is 34.2. The largest absolute Gasteiger partial charge is 0.462 e. The van der Waals surface area contributed by atoms with Gasteiger partial charge in [0.15, 0.2) is 6.10 Å². The van der Waals surface area contributed by atoms with Crippen molar-refractivity contribution in [2.45, 2.75) is 162 Å². The molecule has 54 heavy (non-hydrogen) atoms. The number of hydrogen-bond acceptors (Lipinski definition) is 6. The molecule has 0 saturated heterocycles. The van der Waals surface area contributed by atoms with E-state index in [0.29, 0.717) is 19.3 Å². The zero-order valence-electron chi connectivity index (χ0n) is 34.2. The summed E-state index contributed by atoms with van der Waals surface area (Å²) in [5.41, 5.74) is 0. The van der Waals surface area contributed by atoms with Crippen molar-refractivity contribution in [1.29, 1.82) is 0 Å². The highest BCUT2D eigenvalue weighted by Gasteiger charge is 2.19. The molecule has 0 bridgehead atoms. The summed E-state index contributed by atoms with van der Waals surface area (Å²) < 4.78 is 16.4. The molecule has 0 aromatic rings. The van der Waals surface area contributed by atoms with Gasteiger partial charge >= 0.3 is 17.9 Å². The van der Waals surface area contributed by atoms with E-state index >= 15 is 0 Å². The quantitative estimate of drug-likeness (QED) is 0.0278. The predicted molar refractivity (Wildman–Crippen MR) is 228 cm³/mol. The summed E-state index contributed by atoms with van der Waals surface area (Å²) >= 11 is 0. The van der Waals surface area contributed by atoms with Gasteiger partial charge in [0, 0.05) is 19.3 Å². The first-order valence-corrected chi connectivity index (χ1v) is 20.9. The number of rotatable bonds is 35. The van der Waals surface area contributed by atoms with Gasteiger partial charge in [-0.05, 0) is 83.5 Å². The molecule has 1 atom stereocenters. The van der Waals surface area contributed by atoms with Crippen LogP contribution in [0.4, 0.5) is 0 Å². The topological polar surface area (TPSA) is 78.9 Å². The van der Waals surface area contributed by atoms with E-state index in [1.54, 1.807) is 0 Å². The lowest BCUT2D eigenvalue weighted by atomic mass is 10.1. The molecule has 0 aromatic heterocycles. The highest BCUT2D eigenvalue weighted by molar-refractivity contribution is 5.71. The monoisotopic (exact) mass is 747 g/mol. The fraction of sp³-hybridized carbons (Fsp3) is 0.562. The van der Waals surface area contributed by atoms with Crippen molar-refractivity contribution in [3.8, 4) is 0 Å². The molecule has 302 valence electrons. The second-order valence-electron chi connectivity index (χ2n) is 13.1. The van der Waals surface area contributed by atoms with Crippen LogP contribution in [0.1, 0.15) is 156 Å². The third-order valence-corrected chi connectivity index (χ3v) is 8.04. The summed E-state index contributed by atoms with van der Waals surface area (Å²) in [4.78, 5) is 37.4. The third-order valence-electron chi connectivity index (χ3n) is 8.04. The Labute approximate surface area is 330 Å². The van der Waals surface area contributed by atoms with Crippen LogP contribution in [-0.2, 0) is 28.6 Å². The Hall–Kier alpha value is -3.93. The van der Waals surface area contributed by atoms with Crippen LogP contribution in [0, 0.1) is 0 Å². The first-order valence-electron chi connectivity index (χ1n) is 20.9. The first kappa shape index (κ1) is 50.1. The molecule has 0 aliphatic heterocycles. The van der Waals surface area contributed by atoms with E-state index in [-0.39, 0.29) is 38.0 Å². The molecule has 0 radical (unpaired) electrons. The lowest BCUT2D eigenvalue weighted by Gasteiger charge is -2.18. The Morgan fingerprint density at radius 3 is 1.20 bits per heavy atom. The summed E-state index contributed by atoms with van der Waals surface area (Å²) in [5, 5.41) is 0. The minimum Gasteiger partial charge on any atom is -0.462 e. The average Bonchev–Trinajstić information content (AvgIpc) is 3.17. The number of carbonyl (C=O) groups is 3. The lowest BCUT2D eigenvalue weighted by molar-refractivity contribution is -0.166. The summed E-state index contributed by atoms with van der Waals surface area (Å²) in [6, 6.07) is 0. The van der Waals surface area contributed by atoms with Gasteiger partial charge in [0.25, 0.3) is 0 Å². The molecule has 6 nitrogen and oxygen atoms in total. The Kier molecular flexibility index (Phi) is 38.8. The van der Waals surface area contributed by atoms with Crippen LogP contribution >= 0.6 is 0 Å². The SMILES string of the molecule is CC/C=C\C/C=C\C/C=C\C/C=C\C/C=C\CCCC(=O)OCC(COC(=O)CCCCCCCC)OC(=O)CC/C=C\C/C=C\C/C=C\C/C=C\CC. The van der Waals surface area contributed by atoms with Crippen LogP contribution < -0.4 is 0 Å². The molecule has 0 N–H and O–H groups in total. The molecule has 6 heteroatoms. The fourth-order valence-electron chi connectivity index (χ4n) is 4.96. The maximum Gasteiger partial charge on any atom is 0.306 e. The highest BCUT2D eigenvalue weighted by atomic mass is 16.6. The maximum atomic E-state index is 12.6. The van der Waals surface area contributed by atoms with E-state index in [2.05, 4.69) is 118 Å². The minimum atomic E-state index is -0.835. The van der Waals surface area contributed by atoms with Crippen LogP contribution in [0.15, 0.2) is 109 Å². The molecular formula is C48H74O6. The molecule has 0 aliphatic rings. The molecule has 0 fully saturated rings. The predicted octanol–water partition coefficient (Wildman–Crippen LogP) is 13.2. The van der Waals surface area contributed by atoms with Crippen molar-refractivity contribution in [3.63, 3.8) is 0 Å². The van der Waals surface area contributed by atoms with Gasteiger partial charge in [0.2, 0.25) is 0 Å². The third kappa shape index (κ3) is 39.3. The molecule has 0 aromatic carbocycles. The summed E-state index contributed by atoms with van der Waals surface area (Å²) in [7, 11) is 0. The van der Waals surface area contributed by atoms with Crippen molar-refractivity contribution in [1.82, 2.24) is 0 Å². The lowest BCUT2D eigenvalue weighted by Crippen LogP contribution is -2.30. The van der Waals surface area contributed by atoms with E-state index in [1.165, 1.54) is 19.3 Å². The van der Waals surface area contributed by atoms with E-state index in [1.807, 2.05) is 12.2 Å². The molecule has 0 aliphatic carbocycles. The van der Waals surface area contributed by atoms with Gasteiger partial charge < -0.3 is 14.2 Å². The van der Waals surface area contributed by atoms with Gasteiger partial charge in [-0.25, -0.2) is 0 Å². The van der Waals surface area contributed by atoms with E-state index in [0.717, 1.165) is 83.5 Å². The molecule has 0 heterocycles. The Morgan fingerprint density at radius 1 is 0.389 bits per heavy atom. The van der Waals surface area contributed by atoms with Crippen LogP contribution in [0.3, 0.4) is 0 Å². The number of ether oxygens (including phenoxy) is 3. The number of esters is 3. The molecule has 0 saturated carbocycles. The second-order valence-corrected chi connectivity index (χ2v) is 13.1. The van der Waals surface area contributed by atoms with Crippen molar-refractivity contribution >= 4 is 17.9 Å². The van der Waals surface area contributed by atoms with E-state index in [4.69, 9.17) is 14.2 Å². The summed E-state index contributed by atoms with van der Waals surface area (Å²) in [5.74, 6) is -1.10. The van der Waals surface area contributed by atoms with E-state index < -0.39 is 12.1 Å². The fourth-order valence-corrected chi connectivity index (χ4v) is 4.96. The van der Waals surface area contributed by atoms with Gasteiger partial charge in [-0.15, -0.1) is 0 Å². The molecule has 1 unspecified atom stereocenters. The molecular weight excluding hydrogens is 673 g/mol. The summed E-state index contributed by atoms with van der Waals surface area (Å²) in [6.07, 6.45) is 55.4. The van der Waals surface area contributed by atoms with Gasteiger partial charge in [0.1, 0.15) is 13.2 Å². The normalized spacial score (nSPS) is 13.2. The smallest absolute Gasteiger partial charge is 0.306 e. The van der Waals surface area contributed by atoms with Gasteiger partial charge in [0.05, 0.1) is 0 Å². The Morgan fingerprint density at radius 2 is 0.759 bits per heavy atom.